The van der Waals surface area contributed by atoms with E-state index < -0.39 is 0 Å². The molecule has 0 aliphatic heterocycles. The molecule has 0 aliphatic rings. The highest BCUT2D eigenvalue weighted by atomic mass is 35.5. The number of nitrogens with one attached hydrogen (secondary N) is 1. The molecule has 9 nitrogen and oxygen atoms in total. The Balaban J connectivity index is 1.29. The Hall–Kier alpha value is -3.85. The van der Waals surface area contributed by atoms with Crippen LogP contribution in [0.5, 0.6) is 0 Å². The van der Waals surface area contributed by atoms with Crippen molar-refractivity contribution in [3.63, 3.8) is 0 Å². The van der Waals surface area contributed by atoms with Crippen LogP contribution in [0.2, 0.25) is 5.02 Å². The number of hydrogen-bond donors (Lipinski definition) is 1. The van der Waals surface area contributed by atoms with Crippen molar-refractivity contribution in [3.8, 4) is 23.0 Å². The Morgan fingerprint density at radius 2 is 2.10 bits per heavy atom. The van der Waals surface area contributed by atoms with E-state index in [1.54, 1.807) is 47.5 Å². The minimum Gasteiger partial charge on any atom is -0.351 e. The molecular formula is C20H16ClN7O2. The molecule has 0 fully saturated rings. The summed E-state index contributed by atoms with van der Waals surface area (Å²) in [6.07, 6.45) is 8.18. The zero-order valence-electron chi connectivity index (χ0n) is 15.6. The fourth-order valence-electron chi connectivity index (χ4n) is 2.54. The lowest BCUT2D eigenvalue weighted by Gasteiger charge is -2.01. The monoisotopic (exact) mass is 421 g/mol. The maximum atomic E-state index is 11.9. The van der Waals surface area contributed by atoms with Crippen LogP contribution in [-0.4, -0.2) is 42.6 Å². The number of halogens is 1. The maximum Gasteiger partial charge on any atom is 0.280 e. The molecule has 0 atom stereocenters. The molecule has 1 N–H and O–H groups in total. The smallest absolute Gasteiger partial charge is 0.280 e. The number of nitrogens with zero attached hydrogens (tertiary/aromatic N) is 6. The molecular weight excluding hydrogens is 406 g/mol. The second-order valence-electron chi connectivity index (χ2n) is 6.21. The maximum absolute atomic E-state index is 11.9. The Bertz CT molecular complexity index is 1150. The molecule has 3 heterocycles. The second kappa shape index (κ2) is 9.10. The highest BCUT2D eigenvalue weighted by Gasteiger charge is 2.14. The van der Waals surface area contributed by atoms with Gasteiger partial charge in [0.25, 0.3) is 5.89 Å². The van der Waals surface area contributed by atoms with Crippen LogP contribution in [0.3, 0.4) is 0 Å². The van der Waals surface area contributed by atoms with Gasteiger partial charge in [-0.1, -0.05) is 34.1 Å². The number of amides is 1. The van der Waals surface area contributed by atoms with E-state index in [1.807, 2.05) is 18.2 Å². The predicted octanol–water partition coefficient (Wildman–Crippen LogP) is 2.87. The molecule has 0 aliphatic carbocycles. The number of carbonyl (C=O) groups excluding carboxylic acids is 1. The summed E-state index contributed by atoms with van der Waals surface area (Å²) in [6, 6.07) is 10.8. The lowest BCUT2D eigenvalue weighted by Crippen LogP contribution is -2.25. The minimum atomic E-state index is -0.205. The average Bonchev–Trinajstić information content (AvgIpc) is 3.44. The SMILES string of the molecule is O=C(/C=C/c1ccc(Cl)cc1)NCCn1cc(-c2nc(-c3cccnc3)no2)nn1. The van der Waals surface area contributed by atoms with Crippen LogP contribution in [0.15, 0.2) is 65.6 Å². The summed E-state index contributed by atoms with van der Waals surface area (Å²) in [6.45, 7) is 0.828. The summed E-state index contributed by atoms with van der Waals surface area (Å²) in [5, 5.41) is 15.4. The number of aromatic nitrogens is 6. The fraction of sp³-hybridized carbons (Fsp3) is 0.100. The summed E-state index contributed by atoms with van der Waals surface area (Å²) in [5.41, 5.74) is 2.08. The van der Waals surface area contributed by atoms with E-state index in [1.165, 1.54) is 6.08 Å². The molecule has 1 aromatic carbocycles. The largest absolute Gasteiger partial charge is 0.351 e. The van der Waals surface area contributed by atoms with Gasteiger partial charge in [-0.3, -0.25) is 9.78 Å². The Morgan fingerprint density at radius 1 is 1.23 bits per heavy atom. The van der Waals surface area contributed by atoms with Crippen molar-refractivity contribution in [2.75, 3.05) is 6.54 Å². The molecule has 4 aromatic rings. The number of pyridine rings is 1. The quantitative estimate of drug-likeness (QED) is 0.456. The lowest BCUT2D eigenvalue weighted by atomic mass is 10.2. The number of hydrogen-bond acceptors (Lipinski definition) is 7. The van der Waals surface area contributed by atoms with Gasteiger partial charge in [-0.05, 0) is 35.9 Å². The van der Waals surface area contributed by atoms with E-state index in [2.05, 4.69) is 30.8 Å². The summed E-state index contributed by atoms with van der Waals surface area (Å²) in [5.74, 6) is 0.478. The van der Waals surface area contributed by atoms with E-state index in [-0.39, 0.29) is 11.8 Å². The molecule has 1 amide bonds. The van der Waals surface area contributed by atoms with Crippen LogP contribution in [0.25, 0.3) is 29.0 Å². The molecule has 0 bridgehead atoms. The molecule has 4 rings (SSSR count). The van der Waals surface area contributed by atoms with Crippen molar-refractivity contribution >= 4 is 23.6 Å². The van der Waals surface area contributed by atoms with E-state index in [4.69, 9.17) is 16.1 Å². The second-order valence-corrected chi connectivity index (χ2v) is 6.64. The van der Waals surface area contributed by atoms with Crippen molar-refractivity contribution < 1.29 is 9.32 Å². The third kappa shape index (κ3) is 4.95. The molecule has 0 radical (unpaired) electrons. The molecule has 0 unspecified atom stereocenters. The number of carbonyl (C=O) groups is 1. The normalized spacial score (nSPS) is 11.1. The first-order chi connectivity index (χ1) is 14.7. The van der Waals surface area contributed by atoms with Crippen LogP contribution in [0.4, 0.5) is 0 Å². The van der Waals surface area contributed by atoms with Gasteiger partial charge >= 0.3 is 0 Å². The van der Waals surface area contributed by atoms with E-state index >= 15 is 0 Å². The third-order valence-electron chi connectivity index (χ3n) is 4.04. The molecule has 0 saturated carbocycles. The first kappa shape index (κ1) is 19.5. The van der Waals surface area contributed by atoms with E-state index in [0.717, 1.165) is 11.1 Å². The van der Waals surface area contributed by atoms with Crippen LogP contribution in [-0.2, 0) is 11.3 Å². The predicted molar refractivity (Wildman–Crippen MR) is 110 cm³/mol. The highest BCUT2D eigenvalue weighted by Crippen LogP contribution is 2.19. The van der Waals surface area contributed by atoms with Gasteiger partial charge in [0.2, 0.25) is 11.7 Å². The van der Waals surface area contributed by atoms with Gasteiger partial charge in [-0.15, -0.1) is 5.10 Å². The minimum absolute atomic E-state index is 0.205. The first-order valence-electron chi connectivity index (χ1n) is 9.03. The molecule has 0 saturated heterocycles. The van der Waals surface area contributed by atoms with Crippen molar-refractivity contribution in [2.24, 2.45) is 0 Å². The molecule has 150 valence electrons. The van der Waals surface area contributed by atoms with Gasteiger partial charge < -0.3 is 9.84 Å². The van der Waals surface area contributed by atoms with E-state index in [9.17, 15) is 4.79 Å². The van der Waals surface area contributed by atoms with Gasteiger partial charge in [-0.25, -0.2) is 4.68 Å². The van der Waals surface area contributed by atoms with Crippen LogP contribution >= 0.6 is 11.6 Å². The Labute approximate surface area is 176 Å². The number of benzene rings is 1. The van der Waals surface area contributed by atoms with Gasteiger partial charge in [0.05, 0.1) is 12.7 Å². The third-order valence-corrected chi connectivity index (χ3v) is 4.29. The van der Waals surface area contributed by atoms with Crippen molar-refractivity contribution in [1.82, 2.24) is 35.4 Å². The van der Waals surface area contributed by atoms with Crippen LogP contribution in [0.1, 0.15) is 5.56 Å². The molecule has 3 aromatic heterocycles. The summed E-state index contributed by atoms with van der Waals surface area (Å²) >= 11 is 5.84. The van der Waals surface area contributed by atoms with Crippen molar-refractivity contribution in [2.45, 2.75) is 6.54 Å². The highest BCUT2D eigenvalue weighted by molar-refractivity contribution is 6.30. The summed E-state index contributed by atoms with van der Waals surface area (Å²) in [7, 11) is 0. The Kier molecular flexibility index (Phi) is 5.90. The standard InChI is InChI=1S/C20H16ClN7O2/c21-16-6-3-14(4-7-16)5-8-18(29)23-10-11-28-13-17(25-27-28)20-24-19(26-30-20)15-2-1-9-22-12-15/h1-9,12-13H,10-11H2,(H,23,29)/b8-5+. The van der Waals surface area contributed by atoms with Crippen LogP contribution in [0, 0.1) is 0 Å². The summed E-state index contributed by atoms with van der Waals surface area (Å²) < 4.78 is 6.84. The van der Waals surface area contributed by atoms with Gasteiger partial charge in [0, 0.05) is 35.6 Å². The van der Waals surface area contributed by atoms with Crippen molar-refractivity contribution in [3.05, 3.63) is 71.7 Å². The molecule has 10 heteroatoms. The lowest BCUT2D eigenvalue weighted by molar-refractivity contribution is -0.116. The van der Waals surface area contributed by atoms with E-state index in [0.29, 0.717) is 29.6 Å². The average molecular weight is 422 g/mol. The zero-order chi connectivity index (χ0) is 20.8. The fourth-order valence-corrected chi connectivity index (χ4v) is 2.67. The zero-order valence-corrected chi connectivity index (χ0v) is 16.4. The number of rotatable bonds is 7. The molecule has 0 spiro atoms. The van der Waals surface area contributed by atoms with Crippen LogP contribution < -0.4 is 5.32 Å². The first-order valence-corrected chi connectivity index (χ1v) is 9.41. The van der Waals surface area contributed by atoms with Gasteiger partial charge in [-0.2, -0.15) is 4.98 Å². The van der Waals surface area contributed by atoms with Crippen molar-refractivity contribution in [1.29, 1.82) is 0 Å². The van der Waals surface area contributed by atoms with Gasteiger partial charge in [0.1, 0.15) is 0 Å². The van der Waals surface area contributed by atoms with Gasteiger partial charge in [0.15, 0.2) is 5.69 Å². The topological polar surface area (TPSA) is 112 Å². The molecule has 30 heavy (non-hydrogen) atoms. The Morgan fingerprint density at radius 3 is 2.90 bits per heavy atom. The summed E-state index contributed by atoms with van der Waals surface area (Å²) in [4.78, 5) is 20.3.